The van der Waals surface area contributed by atoms with Gasteiger partial charge in [-0.05, 0) is 67.3 Å². The number of benzene rings is 2. The molecule has 6 heteroatoms. The largest absolute Gasteiger partial charge is 0.465 e. The minimum atomic E-state index is -0.429. The number of hydrogen-bond donors (Lipinski definition) is 1. The van der Waals surface area contributed by atoms with Gasteiger partial charge in [-0.25, -0.2) is 4.79 Å². The predicted octanol–water partition coefficient (Wildman–Crippen LogP) is 3.60. The van der Waals surface area contributed by atoms with Gasteiger partial charge in [-0.15, -0.1) is 0 Å². The molecule has 0 spiro atoms. The van der Waals surface area contributed by atoms with Crippen LogP contribution < -0.4 is 5.32 Å². The zero-order chi connectivity index (χ0) is 20.1. The molecule has 2 aromatic carbocycles. The second-order valence-corrected chi connectivity index (χ2v) is 7.10. The molecule has 1 saturated heterocycles. The van der Waals surface area contributed by atoms with Gasteiger partial charge in [-0.3, -0.25) is 9.59 Å². The highest BCUT2D eigenvalue weighted by atomic mass is 16.5. The molecule has 1 atom stereocenters. The van der Waals surface area contributed by atoms with Gasteiger partial charge in [0.15, 0.2) is 0 Å². The van der Waals surface area contributed by atoms with Gasteiger partial charge in [-0.1, -0.05) is 6.92 Å². The summed E-state index contributed by atoms with van der Waals surface area (Å²) in [6.07, 6.45) is 2.19. The summed E-state index contributed by atoms with van der Waals surface area (Å²) in [5, 5.41) is 2.77. The second kappa shape index (κ2) is 8.69. The molecule has 1 aliphatic heterocycles. The summed E-state index contributed by atoms with van der Waals surface area (Å²) < 4.78 is 4.65. The Kier molecular flexibility index (Phi) is 6.09. The number of nitrogens with zero attached hydrogens (tertiary/aromatic N) is 1. The molecule has 1 heterocycles. The van der Waals surface area contributed by atoms with E-state index in [-0.39, 0.29) is 11.8 Å². The lowest BCUT2D eigenvalue weighted by atomic mass is 9.99. The minimum Gasteiger partial charge on any atom is -0.465 e. The van der Waals surface area contributed by atoms with Crippen LogP contribution in [0.5, 0.6) is 0 Å². The number of methoxy groups -OCH3 is 1. The van der Waals surface area contributed by atoms with Gasteiger partial charge in [0, 0.05) is 29.9 Å². The molecule has 146 valence electrons. The Hall–Kier alpha value is -3.15. The summed E-state index contributed by atoms with van der Waals surface area (Å²) in [6.45, 7) is 3.72. The third-order valence-corrected chi connectivity index (χ3v) is 4.90. The van der Waals surface area contributed by atoms with E-state index in [2.05, 4.69) is 17.0 Å². The molecule has 2 aromatic rings. The van der Waals surface area contributed by atoms with Crippen molar-refractivity contribution in [3.63, 3.8) is 0 Å². The molecule has 0 radical (unpaired) electrons. The molecule has 1 aliphatic rings. The fourth-order valence-electron chi connectivity index (χ4n) is 3.33. The molecule has 28 heavy (non-hydrogen) atoms. The van der Waals surface area contributed by atoms with E-state index in [9.17, 15) is 14.4 Å². The number of carbonyl (C=O) groups excluding carboxylic acids is 3. The summed E-state index contributed by atoms with van der Waals surface area (Å²) >= 11 is 0. The number of nitrogens with one attached hydrogen (secondary N) is 1. The number of carbonyl (C=O) groups is 3. The lowest BCUT2D eigenvalue weighted by molar-refractivity contribution is 0.0600. The molecule has 0 bridgehead atoms. The van der Waals surface area contributed by atoms with Crippen LogP contribution in [0.25, 0.3) is 0 Å². The molecule has 3 rings (SSSR count). The molecular weight excluding hydrogens is 356 g/mol. The number of likely N-dealkylation sites (tertiary alicyclic amines) is 1. The summed E-state index contributed by atoms with van der Waals surface area (Å²) in [5.41, 5.74) is 2.03. The first-order valence-electron chi connectivity index (χ1n) is 9.37. The van der Waals surface area contributed by atoms with Gasteiger partial charge in [0.1, 0.15) is 0 Å². The topological polar surface area (TPSA) is 75.7 Å². The van der Waals surface area contributed by atoms with Gasteiger partial charge in [0.25, 0.3) is 11.8 Å². The zero-order valence-corrected chi connectivity index (χ0v) is 16.1. The molecule has 1 N–H and O–H groups in total. The average Bonchev–Trinajstić information content (AvgIpc) is 2.73. The number of ether oxygens (including phenoxy) is 1. The Labute approximate surface area is 164 Å². The smallest absolute Gasteiger partial charge is 0.337 e. The first kappa shape index (κ1) is 19.6. The molecule has 0 saturated carbocycles. The standard InChI is InChI=1S/C22H24N2O4/c1-15-4-3-13-24(14-15)21(26)17-7-5-16(6-8-17)20(25)23-19-11-9-18(10-12-19)22(27)28-2/h5-12,15H,3-4,13-14H2,1-2H3,(H,23,25). The van der Waals surface area contributed by atoms with Crippen LogP contribution in [-0.2, 0) is 4.74 Å². The fraction of sp³-hybridized carbons (Fsp3) is 0.318. The van der Waals surface area contributed by atoms with Crippen LogP contribution in [0.1, 0.15) is 50.8 Å². The third kappa shape index (κ3) is 4.57. The Morgan fingerprint density at radius 1 is 0.964 bits per heavy atom. The molecule has 0 aliphatic carbocycles. The van der Waals surface area contributed by atoms with Crippen molar-refractivity contribution in [2.24, 2.45) is 5.92 Å². The number of anilines is 1. The van der Waals surface area contributed by atoms with E-state index in [1.807, 2.05) is 4.90 Å². The van der Waals surface area contributed by atoms with Gasteiger partial charge < -0.3 is 15.0 Å². The number of hydrogen-bond acceptors (Lipinski definition) is 4. The SMILES string of the molecule is COC(=O)c1ccc(NC(=O)c2ccc(C(=O)N3CCCC(C)C3)cc2)cc1. The van der Waals surface area contributed by atoms with E-state index >= 15 is 0 Å². The van der Waals surface area contributed by atoms with E-state index < -0.39 is 5.97 Å². The van der Waals surface area contributed by atoms with Crippen molar-refractivity contribution in [1.82, 2.24) is 4.90 Å². The molecule has 0 aromatic heterocycles. The number of rotatable bonds is 4. The highest BCUT2D eigenvalue weighted by molar-refractivity contribution is 6.05. The van der Waals surface area contributed by atoms with E-state index in [1.54, 1.807) is 48.5 Å². The quantitative estimate of drug-likeness (QED) is 0.823. The summed E-state index contributed by atoms with van der Waals surface area (Å²) in [6, 6.07) is 13.1. The zero-order valence-electron chi connectivity index (χ0n) is 16.1. The minimum absolute atomic E-state index is 0.0110. The van der Waals surface area contributed by atoms with Crippen molar-refractivity contribution in [2.75, 3.05) is 25.5 Å². The summed E-state index contributed by atoms with van der Waals surface area (Å²) in [5.74, 6) is -0.178. The van der Waals surface area contributed by atoms with E-state index in [1.165, 1.54) is 7.11 Å². The van der Waals surface area contributed by atoms with Crippen molar-refractivity contribution in [1.29, 1.82) is 0 Å². The highest BCUT2D eigenvalue weighted by Crippen LogP contribution is 2.18. The molecule has 1 unspecified atom stereocenters. The maximum Gasteiger partial charge on any atom is 0.337 e. The molecule has 1 fully saturated rings. The van der Waals surface area contributed by atoms with Crippen molar-refractivity contribution in [2.45, 2.75) is 19.8 Å². The predicted molar refractivity (Wildman–Crippen MR) is 106 cm³/mol. The Bertz CT molecular complexity index is 859. The van der Waals surface area contributed by atoms with Crippen molar-refractivity contribution in [3.8, 4) is 0 Å². The summed E-state index contributed by atoms with van der Waals surface area (Å²) in [7, 11) is 1.32. The van der Waals surface area contributed by atoms with Crippen LogP contribution >= 0.6 is 0 Å². The summed E-state index contributed by atoms with van der Waals surface area (Å²) in [4.78, 5) is 38.4. The normalized spacial score (nSPS) is 16.4. The van der Waals surface area contributed by atoms with Crippen LogP contribution in [0, 0.1) is 5.92 Å². The van der Waals surface area contributed by atoms with Crippen LogP contribution in [-0.4, -0.2) is 42.9 Å². The average molecular weight is 380 g/mol. The Morgan fingerprint density at radius 2 is 1.57 bits per heavy atom. The molecular formula is C22H24N2O4. The number of amides is 2. The molecule has 2 amide bonds. The third-order valence-electron chi connectivity index (χ3n) is 4.90. The van der Waals surface area contributed by atoms with Gasteiger partial charge in [-0.2, -0.15) is 0 Å². The molecule has 6 nitrogen and oxygen atoms in total. The van der Waals surface area contributed by atoms with Gasteiger partial charge in [0.2, 0.25) is 0 Å². The number of esters is 1. The second-order valence-electron chi connectivity index (χ2n) is 7.10. The Morgan fingerprint density at radius 3 is 2.18 bits per heavy atom. The first-order chi connectivity index (χ1) is 13.5. The Balaban J connectivity index is 1.63. The van der Waals surface area contributed by atoms with Crippen LogP contribution in [0.3, 0.4) is 0 Å². The highest BCUT2D eigenvalue weighted by Gasteiger charge is 2.22. The van der Waals surface area contributed by atoms with Crippen molar-refractivity contribution >= 4 is 23.5 Å². The monoisotopic (exact) mass is 380 g/mol. The van der Waals surface area contributed by atoms with Gasteiger partial charge in [0.05, 0.1) is 12.7 Å². The van der Waals surface area contributed by atoms with Gasteiger partial charge >= 0.3 is 5.97 Å². The van der Waals surface area contributed by atoms with Crippen LogP contribution in [0.15, 0.2) is 48.5 Å². The van der Waals surface area contributed by atoms with Crippen LogP contribution in [0.4, 0.5) is 5.69 Å². The first-order valence-corrected chi connectivity index (χ1v) is 9.37. The van der Waals surface area contributed by atoms with E-state index in [0.717, 1.165) is 25.9 Å². The maximum absolute atomic E-state index is 12.6. The van der Waals surface area contributed by atoms with E-state index in [0.29, 0.717) is 28.3 Å². The maximum atomic E-state index is 12.6. The lowest BCUT2D eigenvalue weighted by Crippen LogP contribution is -2.39. The van der Waals surface area contributed by atoms with Crippen LogP contribution in [0.2, 0.25) is 0 Å². The number of piperidine rings is 1. The van der Waals surface area contributed by atoms with E-state index in [4.69, 9.17) is 0 Å². The van der Waals surface area contributed by atoms with Crippen molar-refractivity contribution in [3.05, 3.63) is 65.2 Å². The fourth-order valence-corrected chi connectivity index (χ4v) is 3.33. The lowest BCUT2D eigenvalue weighted by Gasteiger charge is -2.31. The van der Waals surface area contributed by atoms with Crippen molar-refractivity contribution < 1.29 is 19.1 Å².